The van der Waals surface area contributed by atoms with E-state index in [9.17, 15) is 9.18 Å². The maximum absolute atomic E-state index is 13.0. The topological polar surface area (TPSA) is 29.5 Å². The van der Waals surface area contributed by atoms with Crippen LogP contribution in [0.4, 0.5) is 4.39 Å². The molecule has 1 amide bonds. The van der Waals surface area contributed by atoms with Crippen LogP contribution in [-0.2, 0) is 6.61 Å². The Hall–Kier alpha value is -2.36. The molecule has 0 atom stereocenters. The molecule has 0 radical (unpaired) electrons. The van der Waals surface area contributed by atoms with Crippen LogP contribution in [0, 0.1) is 5.82 Å². The summed E-state index contributed by atoms with van der Waals surface area (Å²) in [7, 11) is 1.87. The number of carbonyl (C=O) groups excluding carboxylic acids is 1. The molecule has 126 valence electrons. The van der Waals surface area contributed by atoms with Gasteiger partial charge in [-0.25, -0.2) is 4.39 Å². The van der Waals surface area contributed by atoms with E-state index >= 15 is 0 Å². The number of rotatable bonds is 5. The molecule has 3 rings (SSSR count). The minimum absolute atomic E-state index is 0.00314. The smallest absolute Gasteiger partial charge is 0.257 e. The molecular weight excluding hydrogens is 305 g/mol. The summed E-state index contributed by atoms with van der Waals surface area (Å²) in [5, 5.41) is 0. The Morgan fingerprint density at radius 3 is 2.50 bits per heavy atom. The average Bonchev–Trinajstić information content (AvgIpc) is 3.15. The second kappa shape index (κ2) is 7.47. The van der Waals surface area contributed by atoms with E-state index in [0.29, 0.717) is 24.0 Å². The molecule has 0 saturated heterocycles. The van der Waals surface area contributed by atoms with Crippen LogP contribution in [0.3, 0.4) is 0 Å². The van der Waals surface area contributed by atoms with Crippen molar-refractivity contribution < 1.29 is 13.9 Å². The van der Waals surface area contributed by atoms with E-state index in [1.807, 2.05) is 24.1 Å². The quantitative estimate of drug-likeness (QED) is 0.813. The fraction of sp³-hybridized carbons (Fsp3) is 0.350. The van der Waals surface area contributed by atoms with Crippen molar-refractivity contribution in [3.8, 4) is 5.75 Å². The first-order chi connectivity index (χ1) is 11.6. The SMILES string of the molecule is CN(C(=O)c1ccccc1OCc1ccc(F)cc1)C1CCCC1. The van der Waals surface area contributed by atoms with Crippen molar-refractivity contribution >= 4 is 5.91 Å². The zero-order valence-corrected chi connectivity index (χ0v) is 13.9. The monoisotopic (exact) mass is 327 g/mol. The first-order valence-electron chi connectivity index (χ1n) is 8.38. The Morgan fingerprint density at radius 2 is 1.79 bits per heavy atom. The second-order valence-electron chi connectivity index (χ2n) is 6.27. The molecule has 1 saturated carbocycles. The van der Waals surface area contributed by atoms with Crippen LogP contribution in [0.2, 0.25) is 0 Å². The standard InChI is InChI=1S/C20H22FNO2/c1-22(17-6-2-3-7-17)20(23)18-8-4-5-9-19(18)24-14-15-10-12-16(21)13-11-15/h4-5,8-13,17H,2-3,6-7,14H2,1H3. The molecule has 24 heavy (non-hydrogen) atoms. The average molecular weight is 327 g/mol. The molecule has 0 bridgehead atoms. The molecule has 0 N–H and O–H groups in total. The summed E-state index contributed by atoms with van der Waals surface area (Å²) in [6, 6.07) is 13.8. The highest BCUT2D eigenvalue weighted by Gasteiger charge is 2.25. The van der Waals surface area contributed by atoms with Crippen LogP contribution < -0.4 is 4.74 Å². The van der Waals surface area contributed by atoms with Gasteiger partial charge >= 0.3 is 0 Å². The molecule has 1 fully saturated rings. The lowest BCUT2D eigenvalue weighted by molar-refractivity contribution is 0.0730. The van der Waals surface area contributed by atoms with Gasteiger partial charge in [-0.2, -0.15) is 0 Å². The Bertz CT molecular complexity index is 693. The van der Waals surface area contributed by atoms with Gasteiger partial charge in [-0.05, 0) is 42.7 Å². The molecule has 1 aliphatic rings. The lowest BCUT2D eigenvalue weighted by Crippen LogP contribution is -2.35. The molecular formula is C20H22FNO2. The lowest BCUT2D eigenvalue weighted by atomic mass is 10.1. The first-order valence-corrected chi connectivity index (χ1v) is 8.38. The predicted octanol–water partition coefficient (Wildman–Crippen LogP) is 4.42. The Morgan fingerprint density at radius 1 is 1.12 bits per heavy atom. The largest absolute Gasteiger partial charge is 0.488 e. The van der Waals surface area contributed by atoms with Crippen molar-refractivity contribution in [2.75, 3.05) is 7.05 Å². The van der Waals surface area contributed by atoms with Crippen molar-refractivity contribution in [2.45, 2.75) is 38.3 Å². The summed E-state index contributed by atoms with van der Waals surface area (Å²) in [4.78, 5) is 14.6. The normalized spacial score (nSPS) is 14.6. The van der Waals surface area contributed by atoms with Gasteiger partial charge in [0.1, 0.15) is 18.2 Å². The van der Waals surface area contributed by atoms with E-state index in [0.717, 1.165) is 18.4 Å². The third-order valence-corrected chi connectivity index (χ3v) is 4.62. The zero-order chi connectivity index (χ0) is 16.9. The molecule has 4 heteroatoms. The van der Waals surface area contributed by atoms with Gasteiger partial charge in [-0.15, -0.1) is 0 Å². The molecule has 0 aromatic heterocycles. The zero-order valence-electron chi connectivity index (χ0n) is 13.9. The summed E-state index contributed by atoms with van der Waals surface area (Å²) >= 11 is 0. The maximum Gasteiger partial charge on any atom is 0.257 e. The van der Waals surface area contributed by atoms with Gasteiger partial charge in [-0.3, -0.25) is 4.79 Å². The van der Waals surface area contributed by atoms with Crippen LogP contribution in [0.5, 0.6) is 5.75 Å². The number of ether oxygens (including phenoxy) is 1. The highest BCUT2D eigenvalue weighted by atomic mass is 19.1. The molecule has 0 unspecified atom stereocenters. The van der Waals surface area contributed by atoms with Crippen LogP contribution in [0.15, 0.2) is 48.5 Å². The van der Waals surface area contributed by atoms with Crippen LogP contribution in [0.25, 0.3) is 0 Å². The molecule has 2 aromatic rings. The van der Waals surface area contributed by atoms with Crippen molar-refractivity contribution in [1.29, 1.82) is 0 Å². The number of para-hydroxylation sites is 1. The summed E-state index contributed by atoms with van der Waals surface area (Å²) in [5.41, 5.74) is 1.44. The van der Waals surface area contributed by atoms with Crippen molar-refractivity contribution in [2.24, 2.45) is 0 Å². The highest BCUT2D eigenvalue weighted by molar-refractivity contribution is 5.97. The van der Waals surface area contributed by atoms with E-state index in [4.69, 9.17) is 4.74 Å². The molecule has 1 aliphatic carbocycles. The van der Waals surface area contributed by atoms with Gasteiger partial charge in [0, 0.05) is 13.1 Å². The van der Waals surface area contributed by atoms with E-state index in [2.05, 4.69) is 0 Å². The fourth-order valence-electron chi connectivity index (χ4n) is 3.16. The fourth-order valence-corrected chi connectivity index (χ4v) is 3.16. The number of amides is 1. The third kappa shape index (κ3) is 3.75. The predicted molar refractivity (Wildman–Crippen MR) is 91.5 cm³/mol. The van der Waals surface area contributed by atoms with Crippen molar-refractivity contribution in [1.82, 2.24) is 4.90 Å². The number of benzene rings is 2. The molecule has 0 aliphatic heterocycles. The van der Waals surface area contributed by atoms with Gasteiger partial charge < -0.3 is 9.64 Å². The van der Waals surface area contributed by atoms with E-state index in [-0.39, 0.29) is 11.7 Å². The molecule has 2 aromatic carbocycles. The minimum Gasteiger partial charge on any atom is -0.488 e. The number of hydrogen-bond donors (Lipinski definition) is 0. The Labute approximate surface area is 142 Å². The van der Waals surface area contributed by atoms with Gasteiger partial charge in [0.25, 0.3) is 5.91 Å². The lowest BCUT2D eigenvalue weighted by Gasteiger charge is -2.25. The summed E-state index contributed by atoms with van der Waals surface area (Å²) < 4.78 is 18.8. The van der Waals surface area contributed by atoms with Gasteiger partial charge in [0.05, 0.1) is 5.56 Å². The number of nitrogens with zero attached hydrogens (tertiary/aromatic N) is 1. The molecule has 0 heterocycles. The number of hydrogen-bond acceptors (Lipinski definition) is 2. The van der Waals surface area contributed by atoms with Crippen molar-refractivity contribution in [3.63, 3.8) is 0 Å². The summed E-state index contributed by atoms with van der Waals surface area (Å²) in [6.45, 7) is 0.303. The third-order valence-electron chi connectivity index (χ3n) is 4.62. The maximum atomic E-state index is 13.0. The number of halogens is 1. The number of carbonyl (C=O) groups is 1. The summed E-state index contributed by atoms with van der Waals surface area (Å²) in [6.07, 6.45) is 4.51. The minimum atomic E-state index is -0.271. The van der Waals surface area contributed by atoms with E-state index in [1.165, 1.54) is 25.0 Å². The highest BCUT2D eigenvalue weighted by Crippen LogP contribution is 2.26. The second-order valence-corrected chi connectivity index (χ2v) is 6.27. The van der Waals surface area contributed by atoms with Crippen molar-refractivity contribution in [3.05, 3.63) is 65.5 Å². The molecule has 3 nitrogen and oxygen atoms in total. The summed E-state index contributed by atoms with van der Waals surface area (Å²) in [5.74, 6) is 0.292. The van der Waals surface area contributed by atoms with Gasteiger partial charge in [0.15, 0.2) is 0 Å². The van der Waals surface area contributed by atoms with Gasteiger partial charge in [-0.1, -0.05) is 37.1 Å². The Kier molecular flexibility index (Phi) is 5.14. The van der Waals surface area contributed by atoms with Gasteiger partial charge in [0.2, 0.25) is 0 Å². The van der Waals surface area contributed by atoms with Crippen LogP contribution >= 0.6 is 0 Å². The van der Waals surface area contributed by atoms with Crippen LogP contribution in [0.1, 0.15) is 41.6 Å². The van der Waals surface area contributed by atoms with E-state index in [1.54, 1.807) is 24.3 Å². The van der Waals surface area contributed by atoms with Crippen LogP contribution in [-0.4, -0.2) is 23.9 Å². The Balaban J connectivity index is 1.72. The van der Waals surface area contributed by atoms with E-state index < -0.39 is 0 Å². The first kappa shape index (κ1) is 16.5. The molecule has 0 spiro atoms.